The van der Waals surface area contributed by atoms with Crippen molar-refractivity contribution < 1.29 is 4.79 Å². The lowest BCUT2D eigenvalue weighted by molar-refractivity contribution is -0.117. The topological polar surface area (TPSA) is 66.1 Å². The number of benzene rings is 2. The minimum atomic E-state index is -0.430. The van der Waals surface area contributed by atoms with Crippen LogP contribution in [0.4, 0.5) is 5.69 Å². The summed E-state index contributed by atoms with van der Waals surface area (Å²) in [4.78, 5) is 33.8. The lowest BCUT2D eigenvalue weighted by Gasteiger charge is -2.41. The molecule has 0 unspecified atom stereocenters. The number of rotatable bonds is 3. The monoisotopic (exact) mass is 391 g/mol. The molecule has 0 spiro atoms. The summed E-state index contributed by atoms with van der Waals surface area (Å²) in [5.41, 5.74) is 3.20. The van der Waals surface area contributed by atoms with Crippen LogP contribution >= 0.6 is 11.8 Å². The van der Waals surface area contributed by atoms with Gasteiger partial charge in [-0.2, -0.15) is 0 Å². The Kier molecular flexibility index (Phi) is 4.59. The Hall–Kier alpha value is -2.86. The van der Waals surface area contributed by atoms with E-state index in [-0.39, 0.29) is 11.5 Å². The first kappa shape index (κ1) is 18.5. The number of nitrogens with zero attached hydrogens (tertiary/aromatic N) is 2. The molecule has 3 aromatic rings. The Morgan fingerprint density at radius 1 is 1.14 bits per heavy atom. The van der Waals surface area contributed by atoms with Gasteiger partial charge in [-0.25, -0.2) is 4.98 Å². The van der Waals surface area contributed by atoms with Gasteiger partial charge in [0.2, 0.25) is 5.91 Å². The maximum atomic E-state index is 12.3. The molecule has 0 radical (unpaired) electrons. The van der Waals surface area contributed by atoms with Crippen molar-refractivity contribution in [2.45, 2.75) is 31.5 Å². The highest BCUT2D eigenvalue weighted by Crippen LogP contribution is 2.40. The van der Waals surface area contributed by atoms with Crippen molar-refractivity contribution in [3.05, 3.63) is 70.5 Å². The van der Waals surface area contributed by atoms with E-state index >= 15 is 0 Å². The first-order chi connectivity index (χ1) is 13.4. The number of hydrogen-bond acceptors (Lipinski definition) is 4. The molecule has 6 heteroatoms. The summed E-state index contributed by atoms with van der Waals surface area (Å²) in [6.45, 7) is 5.66. The lowest BCUT2D eigenvalue weighted by Crippen LogP contribution is -2.48. The lowest BCUT2D eigenvalue weighted by atomic mass is 9.89. The second kappa shape index (κ2) is 6.95. The summed E-state index contributed by atoms with van der Waals surface area (Å²) in [7, 11) is 0. The maximum absolute atomic E-state index is 12.3. The predicted molar refractivity (Wildman–Crippen MR) is 115 cm³/mol. The molecule has 2 aromatic carbocycles. The van der Waals surface area contributed by atoms with Gasteiger partial charge in [0.15, 0.2) is 5.16 Å². The van der Waals surface area contributed by atoms with Crippen LogP contribution in [0.3, 0.4) is 0 Å². The van der Waals surface area contributed by atoms with Gasteiger partial charge in [0.25, 0.3) is 5.56 Å². The van der Waals surface area contributed by atoms with Crippen LogP contribution in [0.5, 0.6) is 0 Å². The number of nitrogens with one attached hydrogen (secondary N) is 1. The van der Waals surface area contributed by atoms with Crippen molar-refractivity contribution in [1.82, 2.24) is 9.97 Å². The fourth-order valence-electron chi connectivity index (χ4n) is 3.79. The molecule has 1 aromatic heterocycles. The van der Waals surface area contributed by atoms with E-state index in [1.807, 2.05) is 61.2 Å². The molecule has 0 saturated heterocycles. The summed E-state index contributed by atoms with van der Waals surface area (Å²) >= 11 is 1.49. The van der Waals surface area contributed by atoms with Gasteiger partial charge in [-0.15, -0.1) is 0 Å². The zero-order valence-corrected chi connectivity index (χ0v) is 16.8. The van der Waals surface area contributed by atoms with Crippen molar-refractivity contribution in [2.24, 2.45) is 0 Å². The number of aromatic nitrogens is 2. The van der Waals surface area contributed by atoms with Crippen LogP contribution in [0, 0.1) is 0 Å². The molecule has 1 aliphatic rings. The first-order valence-corrected chi connectivity index (χ1v) is 10.1. The fourth-order valence-corrected chi connectivity index (χ4v) is 4.65. The molecule has 1 aliphatic heterocycles. The third kappa shape index (κ3) is 3.24. The standard InChI is InChI=1S/C22H21N3O2S/c1-14(26)25-19-11-7-5-8-16(19)15(12-22(25,2)3)13-28-21-23-18-10-6-4-9-17(18)20(27)24-21/h4-12H,13H2,1-3H3,(H,23,24,27). The number of fused-ring (bicyclic) bond motifs is 2. The van der Waals surface area contributed by atoms with E-state index in [9.17, 15) is 9.59 Å². The highest BCUT2D eigenvalue weighted by Gasteiger charge is 2.34. The molecule has 1 N–H and O–H groups in total. The van der Waals surface area contributed by atoms with Crippen LogP contribution in [0.25, 0.3) is 16.5 Å². The molecular formula is C22H21N3O2S. The molecule has 0 fully saturated rings. The Labute approximate surface area is 167 Å². The highest BCUT2D eigenvalue weighted by molar-refractivity contribution is 7.99. The number of anilines is 1. The Morgan fingerprint density at radius 3 is 2.64 bits per heavy atom. The van der Waals surface area contributed by atoms with E-state index in [1.54, 1.807) is 13.0 Å². The molecule has 0 bridgehead atoms. The Balaban J connectivity index is 1.68. The van der Waals surface area contributed by atoms with Crippen LogP contribution in [0.2, 0.25) is 0 Å². The quantitative estimate of drug-likeness (QED) is 0.536. The number of H-pyrrole nitrogens is 1. The second-order valence-corrected chi connectivity index (χ2v) is 8.34. The van der Waals surface area contributed by atoms with Crippen molar-refractivity contribution in [3.63, 3.8) is 0 Å². The van der Waals surface area contributed by atoms with Crippen molar-refractivity contribution in [3.8, 4) is 0 Å². The average molecular weight is 391 g/mol. The number of para-hydroxylation sites is 2. The summed E-state index contributed by atoms with van der Waals surface area (Å²) in [6.07, 6.45) is 2.13. The molecule has 0 atom stereocenters. The van der Waals surface area contributed by atoms with Gasteiger partial charge in [0.05, 0.1) is 22.1 Å². The molecule has 28 heavy (non-hydrogen) atoms. The number of hydrogen-bond donors (Lipinski definition) is 1. The Morgan fingerprint density at radius 2 is 1.86 bits per heavy atom. The molecule has 0 aliphatic carbocycles. The van der Waals surface area contributed by atoms with Crippen LogP contribution in [-0.2, 0) is 4.79 Å². The number of carbonyl (C=O) groups excluding carboxylic acids is 1. The predicted octanol–water partition coefficient (Wildman–Crippen LogP) is 4.24. The van der Waals surface area contributed by atoms with Crippen LogP contribution < -0.4 is 10.5 Å². The van der Waals surface area contributed by atoms with E-state index in [4.69, 9.17) is 0 Å². The van der Waals surface area contributed by atoms with Gasteiger partial charge in [-0.3, -0.25) is 9.59 Å². The third-order valence-corrected chi connectivity index (χ3v) is 5.79. The zero-order chi connectivity index (χ0) is 19.9. The molecule has 4 rings (SSSR count). The number of carbonyl (C=O) groups is 1. The molecule has 5 nitrogen and oxygen atoms in total. The minimum absolute atomic E-state index is 0.0147. The molecule has 0 saturated carbocycles. The number of thioether (sulfide) groups is 1. The Bertz CT molecular complexity index is 1160. The average Bonchev–Trinajstić information content (AvgIpc) is 2.65. The van der Waals surface area contributed by atoms with E-state index in [0.29, 0.717) is 21.8 Å². The normalized spacial score (nSPS) is 15.2. The van der Waals surface area contributed by atoms with Crippen LogP contribution in [0.15, 0.2) is 64.6 Å². The maximum Gasteiger partial charge on any atom is 0.259 e. The van der Waals surface area contributed by atoms with Gasteiger partial charge in [0, 0.05) is 18.2 Å². The third-order valence-electron chi connectivity index (χ3n) is 4.87. The second-order valence-electron chi connectivity index (χ2n) is 7.37. The summed E-state index contributed by atoms with van der Waals surface area (Å²) in [5.74, 6) is 0.661. The minimum Gasteiger partial charge on any atom is -0.303 e. The molecule has 2 heterocycles. The van der Waals surface area contributed by atoms with E-state index in [2.05, 4.69) is 16.0 Å². The van der Waals surface area contributed by atoms with Crippen molar-refractivity contribution in [2.75, 3.05) is 10.7 Å². The van der Waals surface area contributed by atoms with E-state index < -0.39 is 5.54 Å². The number of amides is 1. The fraction of sp³-hybridized carbons (Fsp3) is 0.227. The van der Waals surface area contributed by atoms with Gasteiger partial charge in [-0.1, -0.05) is 48.2 Å². The largest absolute Gasteiger partial charge is 0.303 e. The van der Waals surface area contributed by atoms with E-state index in [0.717, 1.165) is 16.8 Å². The molecular weight excluding hydrogens is 370 g/mol. The van der Waals surface area contributed by atoms with Gasteiger partial charge in [-0.05, 0) is 37.6 Å². The number of aromatic amines is 1. The molecule has 142 valence electrons. The smallest absolute Gasteiger partial charge is 0.259 e. The highest BCUT2D eigenvalue weighted by atomic mass is 32.2. The van der Waals surface area contributed by atoms with Crippen LogP contribution in [0.1, 0.15) is 26.3 Å². The van der Waals surface area contributed by atoms with Gasteiger partial charge in [0.1, 0.15) is 0 Å². The van der Waals surface area contributed by atoms with Crippen molar-refractivity contribution >= 4 is 39.8 Å². The van der Waals surface area contributed by atoms with Crippen LogP contribution in [-0.4, -0.2) is 27.2 Å². The summed E-state index contributed by atoms with van der Waals surface area (Å²) in [5, 5.41) is 1.18. The molecule has 1 amide bonds. The zero-order valence-electron chi connectivity index (χ0n) is 16.0. The SMILES string of the molecule is CC(=O)N1c2ccccc2C(CSc2nc3ccccc3c(=O)[nH]2)=CC1(C)C. The van der Waals surface area contributed by atoms with E-state index in [1.165, 1.54) is 11.8 Å². The van der Waals surface area contributed by atoms with Gasteiger partial charge >= 0.3 is 0 Å². The summed E-state index contributed by atoms with van der Waals surface area (Å²) in [6, 6.07) is 15.3. The van der Waals surface area contributed by atoms with Gasteiger partial charge < -0.3 is 9.88 Å². The summed E-state index contributed by atoms with van der Waals surface area (Å²) < 4.78 is 0. The first-order valence-electron chi connectivity index (χ1n) is 9.10. The van der Waals surface area contributed by atoms with Crippen molar-refractivity contribution in [1.29, 1.82) is 0 Å².